The minimum atomic E-state index is -0.161. The van der Waals surface area contributed by atoms with E-state index in [1.165, 1.54) is 17.2 Å². The minimum Gasteiger partial charge on any atom is -0.314 e. The third kappa shape index (κ3) is 4.98. The predicted octanol–water partition coefficient (Wildman–Crippen LogP) is 4.46. The van der Waals surface area contributed by atoms with Gasteiger partial charge < -0.3 is 5.32 Å². The normalized spacial score (nSPS) is 12.6. The Morgan fingerprint density at radius 3 is 2.48 bits per heavy atom. The Balaban J connectivity index is 2.19. The zero-order valence-electron chi connectivity index (χ0n) is 13.1. The molecule has 0 amide bonds. The molecule has 1 nitrogen and oxygen atoms in total. The summed E-state index contributed by atoms with van der Waals surface area (Å²) >= 11 is 0. The zero-order valence-corrected chi connectivity index (χ0v) is 13.1. The fourth-order valence-electron chi connectivity index (χ4n) is 2.57. The van der Waals surface area contributed by atoms with E-state index in [2.05, 4.69) is 50.4 Å². The lowest BCUT2D eigenvalue weighted by molar-refractivity contribution is 0.524. The fraction of sp³-hybridized carbons (Fsp3) is 0.368. The van der Waals surface area contributed by atoms with Crippen molar-refractivity contribution in [2.45, 2.75) is 39.2 Å². The fourth-order valence-corrected chi connectivity index (χ4v) is 2.57. The van der Waals surface area contributed by atoms with Crippen LogP contribution >= 0.6 is 0 Å². The molecular weight excluding hydrogens is 261 g/mol. The van der Waals surface area contributed by atoms with Crippen molar-refractivity contribution >= 4 is 0 Å². The first-order valence-corrected chi connectivity index (χ1v) is 7.59. The molecule has 0 saturated heterocycles. The highest BCUT2D eigenvalue weighted by atomic mass is 19.1. The molecule has 112 valence electrons. The van der Waals surface area contributed by atoms with Gasteiger partial charge in [0.05, 0.1) is 0 Å². The number of nitrogens with one attached hydrogen (secondary N) is 1. The number of halogens is 1. The molecule has 0 aliphatic carbocycles. The minimum absolute atomic E-state index is 0.161. The van der Waals surface area contributed by atoms with Crippen LogP contribution in [0.5, 0.6) is 0 Å². The molecule has 1 N–H and O–H groups in total. The second-order valence-electron chi connectivity index (χ2n) is 6.01. The number of hydrogen-bond donors (Lipinski definition) is 1. The predicted molar refractivity (Wildman–Crippen MR) is 87.2 cm³/mol. The summed E-state index contributed by atoms with van der Waals surface area (Å²) in [5.74, 6) is 0.121. The maximum Gasteiger partial charge on any atom is 0.123 e. The van der Waals surface area contributed by atoms with E-state index in [4.69, 9.17) is 0 Å². The molecular formula is C19H24FN. The van der Waals surface area contributed by atoms with Crippen LogP contribution in [0.1, 0.15) is 36.5 Å². The van der Waals surface area contributed by atoms with Crippen molar-refractivity contribution < 1.29 is 4.39 Å². The van der Waals surface area contributed by atoms with E-state index in [1.807, 2.05) is 6.07 Å². The van der Waals surface area contributed by atoms with Crippen LogP contribution in [0.3, 0.4) is 0 Å². The third-order valence-electron chi connectivity index (χ3n) is 3.66. The number of aryl methyl sites for hydroxylation is 1. The molecule has 2 rings (SSSR count). The van der Waals surface area contributed by atoms with Crippen LogP contribution in [0, 0.1) is 12.7 Å². The van der Waals surface area contributed by atoms with Crippen LogP contribution in [0.25, 0.3) is 0 Å². The van der Waals surface area contributed by atoms with Crippen molar-refractivity contribution in [1.82, 2.24) is 5.32 Å². The first-order chi connectivity index (χ1) is 10.0. The Labute approximate surface area is 127 Å². The van der Waals surface area contributed by atoms with Crippen LogP contribution in [0.2, 0.25) is 0 Å². The maximum atomic E-state index is 13.5. The van der Waals surface area contributed by atoms with Gasteiger partial charge in [0.25, 0.3) is 0 Å². The second-order valence-corrected chi connectivity index (χ2v) is 6.01. The molecule has 21 heavy (non-hydrogen) atoms. The van der Waals surface area contributed by atoms with E-state index in [9.17, 15) is 4.39 Å². The van der Waals surface area contributed by atoms with Crippen molar-refractivity contribution in [2.24, 2.45) is 0 Å². The Bertz CT molecular complexity index is 577. The average Bonchev–Trinajstić information content (AvgIpc) is 2.43. The monoisotopic (exact) mass is 285 g/mol. The summed E-state index contributed by atoms with van der Waals surface area (Å²) in [6.07, 6.45) is 0.921. The second kappa shape index (κ2) is 7.37. The van der Waals surface area contributed by atoms with E-state index in [0.717, 1.165) is 18.5 Å². The molecule has 2 aromatic carbocycles. The molecule has 2 heteroatoms. The lowest BCUT2D eigenvalue weighted by atomic mass is 9.91. The van der Waals surface area contributed by atoms with Crippen LogP contribution in [0.15, 0.2) is 48.5 Å². The molecule has 0 saturated carbocycles. The van der Waals surface area contributed by atoms with Crippen LogP contribution in [0.4, 0.5) is 4.39 Å². The quantitative estimate of drug-likeness (QED) is 0.826. The van der Waals surface area contributed by atoms with E-state index >= 15 is 0 Å². The van der Waals surface area contributed by atoms with Gasteiger partial charge in [-0.2, -0.15) is 0 Å². The molecule has 0 spiro atoms. The van der Waals surface area contributed by atoms with Crippen LogP contribution in [-0.4, -0.2) is 12.6 Å². The van der Waals surface area contributed by atoms with Gasteiger partial charge in [-0.25, -0.2) is 4.39 Å². The summed E-state index contributed by atoms with van der Waals surface area (Å²) < 4.78 is 13.5. The van der Waals surface area contributed by atoms with Gasteiger partial charge in [0.1, 0.15) is 5.82 Å². The molecule has 0 heterocycles. The summed E-state index contributed by atoms with van der Waals surface area (Å²) in [7, 11) is 0. The SMILES string of the molecule is Cc1cccc(CC(CNC(C)C)c2cccc(F)c2)c1. The van der Waals surface area contributed by atoms with E-state index in [1.54, 1.807) is 12.1 Å². The van der Waals surface area contributed by atoms with Gasteiger partial charge in [-0.1, -0.05) is 55.8 Å². The molecule has 0 aliphatic rings. The van der Waals surface area contributed by atoms with Crippen molar-refractivity contribution in [3.63, 3.8) is 0 Å². The van der Waals surface area contributed by atoms with E-state index in [0.29, 0.717) is 6.04 Å². The molecule has 1 atom stereocenters. The lowest BCUT2D eigenvalue weighted by Crippen LogP contribution is -2.29. The summed E-state index contributed by atoms with van der Waals surface area (Å²) in [4.78, 5) is 0. The molecule has 0 radical (unpaired) electrons. The lowest BCUT2D eigenvalue weighted by Gasteiger charge is -2.20. The summed E-state index contributed by atoms with van der Waals surface area (Å²) in [6.45, 7) is 7.23. The molecule has 1 unspecified atom stereocenters. The molecule has 2 aromatic rings. The summed E-state index contributed by atoms with van der Waals surface area (Å²) in [5.41, 5.74) is 3.63. The van der Waals surface area contributed by atoms with Gasteiger partial charge in [0.15, 0.2) is 0 Å². The Hall–Kier alpha value is -1.67. The van der Waals surface area contributed by atoms with E-state index < -0.39 is 0 Å². The van der Waals surface area contributed by atoms with Gasteiger partial charge in [-0.05, 0) is 36.6 Å². The average molecular weight is 285 g/mol. The first-order valence-electron chi connectivity index (χ1n) is 7.59. The van der Waals surface area contributed by atoms with Gasteiger partial charge >= 0.3 is 0 Å². The number of hydrogen-bond acceptors (Lipinski definition) is 1. The molecule has 0 fully saturated rings. The Kier molecular flexibility index (Phi) is 5.51. The number of benzene rings is 2. The van der Waals surface area contributed by atoms with Crippen LogP contribution in [-0.2, 0) is 6.42 Å². The van der Waals surface area contributed by atoms with Crippen molar-refractivity contribution in [3.05, 3.63) is 71.0 Å². The highest BCUT2D eigenvalue weighted by molar-refractivity contribution is 5.27. The van der Waals surface area contributed by atoms with E-state index in [-0.39, 0.29) is 11.7 Å². The molecule has 0 aromatic heterocycles. The van der Waals surface area contributed by atoms with Crippen molar-refractivity contribution in [1.29, 1.82) is 0 Å². The summed E-state index contributed by atoms with van der Waals surface area (Å²) in [5, 5.41) is 3.48. The van der Waals surface area contributed by atoms with Gasteiger partial charge in [0, 0.05) is 18.5 Å². The maximum absolute atomic E-state index is 13.5. The van der Waals surface area contributed by atoms with Crippen molar-refractivity contribution in [2.75, 3.05) is 6.54 Å². The summed E-state index contributed by atoms with van der Waals surface area (Å²) in [6, 6.07) is 16.0. The third-order valence-corrected chi connectivity index (χ3v) is 3.66. The number of rotatable bonds is 6. The standard InChI is InChI=1S/C19H24FN/c1-14(2)21-13-18(17-8-5-9-19(20)12-17)11-16-7-4-6-15(3)10-16/h4-10,12,14,18,21H,11,13H2,1-3H3. The van der Waals surface area contributed by atoms with Crippen LogP contribution < -0.4 is 5.32 Å². The van der Waals surface area contributed by atoms with Gasteiger partial charge in [0.2, 0.25) is 0 Å². The van der Waals surface area contributed by atoms with Gasteiger partial charge in [-0.3, -0.25) is 0 Å². The topological polar surface area (TPSA) is 12.0 Å². The molecule has 0 aliphatic heterocycles. The zero-order chi connectivity index (χ0) is 15.2. The van der Waals surface area contributed by atoms with Gasteiger partial charge in [-0.15, -0.1) is 0 Å². The smallest absolute Gasteiger partial charge is 0.123 e. The molecule has 0 bridgehead atoms. The highest BCUT2D eigenvalue weighted by Crippen LogP contribution is 2.22. The Morgan fingerprint density at radius 2 is 1.81 bits per heavy atom. The first kappa shape index (κ1) is 15.7. The van der Waals surface area contributed by atoms with Crippen molar-refractivity contribution in [3.8, 4) is 0 Å². The highest BCUT2D eigenvalue weighted by Gasteiger charge is 2.13. The largest absolute Gasteiger partial charge is 0.314 e. The Morgan fingerprint density at radius 1 is 1.05 bits per heavy atom.